The minimum absolute atomic E-state index is 0.657. The van der Waals surface area contributed by atoms with Gasteiger partial charge < -0.3 is 0 Å². The van der Waals surface area contributed by atoms with E-state index in [-0.39, 0.29) is 0 Å². The van der Waals surface area contributed by atoms with Crippen LogP contribution in [0.5, 0.6) is 0 Å². The monoisotopic (exact) mass is 296 g/mol. The van der Waals surface area contributed by atoms with Crippen molar-refractivity contribution < 1.29 is 0 Å². The van der Waals surface area contributed by atoms with E-state index < -0.39 is 0 Å². The lowest BCUT2D eigenvalue weighted by Gasteiger charge is -2.33. The molecule has 20 heavy (non-hydrogen) atoms. The molecule has 4 nitrogen and oxygen atoms in total. The number of hydrogen-bond acceptors (Lipinski definition) is 3. The third kappa shape index (κ3) is 3.54. The highest BCUT2D eigenvalue weighted by Crippen LogP contribution is 2.28. The maximum Gasteiger partial charge on any atom is 0.0764 e. The van der Waals surface area contributed by atoms with Gasteiger partial charge in [-0.25, -0.2) is 0 Å². The molecule has 0 atom stereocenters. The smallest absolute Gasteiger partial charge is 0.0764 e. The van der Waals surface area contributed by atoms with Gasteiger partial charge in [-0.1, -0.05) is 12.8 Å². The zero-order valence-electron chi connectivity index (χ0n) is 12.2. The Labute approximate surface area is 126 Å². The van der Waals surface area contributed by atoms with Crippen molar-refractivity contribution in [3.63, 3.8) is 0 Å². The van der Waals surface area contributed by atoms with Crippen molar-refractivity contribution >= 4 is 11.6 Å². The molecule has 1 saturated heterocycles. The van der Waals surface area contributed by atoms with Gasteiger partial charge in [0.2, 0.25) is 0 Å². The van der Waals surface area contributed by atoms with Crippen LogP contribution in [0.15, 0.2) is 12.3 Å². The van der Waals surface area contributed by atoms with Crippen molar-refractivity contribution in [1.82, 2.24) is 19.6 Å². The molecule has 2 fully saturated rings. The quantitative estimate of drug-likeness (QED) is 0.780. The van der Waals surface area contributed by atoms with Crippen LogP contribution in [-0.2, 0) is 6.54 Å². The molecule has 5 heteroatoms. The summed E-state index contributed by atoms with van der Waals surface area (Å²) in [6.45, 7) is 6.55. The van der Waals surface area contributed by atoms with Crippen LogP contribution in [0, 0.1) is 0 Å². The van der Waals surface area contributed by atoms with Gasteiger partial charge in [-0.2, -0.15) is 5.10 Å². The molecular formula is C15H25ClN4. The van der Waals surface area contributed by atoms with E-state index in [1.165, 1.54) is 31.4 Å². The van der Waals surface area contributed by atoms with Crippen molar-refractivity contribution in [3.8, 4) is 0 Å². The summed E-state index contributed by atoms with van der Waals surface area (Å²) in [5, 5.41) is 4.78. The first kappa shape index (κ1) is 14.4. The standard InChI is InChI=1S/C15H25ClN4/c16-6-8-18-9-11-19(12-10-18)13-14-5-7-20(17-14)15-3-1-2-4-15/h5,7,15H,1-4,6,8-13H2. The fourth-order valence-corrected chi connectivity index (χ4v) is 3.59. The molecule has 0 spiro atoms. The summed E-state index contributed by atoms with van der Waals surface area (Å²) < 4.78 is 2.20. The van der Waals surface area contributed by atoms with Gasteiger partial charge in [-0.05, 0) is 18.9 Å². The van der Waals surface area contributed by atoms with E-state index in [4.69, 9.17) is 16.7 Å². The number of alkyl halides is 1. The van der Waals surface area contributed by atoms with Gasteiger partial charge in [0.25, 0.3) is 0 Å². The minimum atomic E-state index is 0.657. The highest BCUT2D eigenvalue weighted by molar-refractivity contribution is 6.18. The summed E-state index contributed by atoms with van der Waals surface area (Å²) in [6.07, 6.45) is 7.51. The number of piperazine rings is 1. The van der Waals surface area contributed by atoms with Crippen LogP contribution >= 0.6 is 11.6 Å². The first-order valence-electron chi connectivity index (χ1n) is 7.90. The Morgan fingerprint density at radius 1 is 1.10 bits per heavy atom. The van der Waals surface area contributed by atoms with Gasteiger partial charge in [0.1, 0.15) is 0 Å². The maximum atomic E-state index is 5.80. The van der Waals surface area contributed by atoms with Crippen LogP contribution < -0.4 is 0 Å². The summed E-state index contributed by atoms with van der Waals surface area (Å²) in [5.74, 6) is 0.742. The predicted molar refractivity (Wildman–Crippen MR) is 82.2 cm³/mol. The summed E-state index contributed by atoms with van der Waals surface area (Å²) in [6, 6.07) is 2.85. The topological polar surface area (TPSA) is 24.3 Å². The van der Waals surface area contributed by atoms with E-state index in [0.717, 1.165) is 45.1 Å². The molecule has 1 aromatic rings. The maximum absolute atomic E-state index is 5.80. The zero-order valence-corrected chi connectivity index (χ0v) is 12.9. The minimum Gasteiger partial charge on any atom is -0.300 e. The SMILES string of the molecule is ClCCN1CCN(Cc2ccn(C3CCCC3)n2)CC1. The summed E-state index contributed by atoms with van der Waals surface area (Å²) >= 11 is 5.80. The van der Waals surface area contributed by atoms with Crippen LogP contribution in [0.4, 0.5) is 0 Å². The van der Waals surface area contributed by atoms with Crippen molar-refractivity contribution in [1.29, 1.82) is 0 Å². The molecule has 2 aliphatic rings. The lowest BCUT2D eigenvalue weighted by Crippen LogP contribution is -2.46. The molecule has 1 saturated carbocycles. The molecule has 1 aliphatic heterocycles. The van der Waals surface area contributed by atoms with Gasteiger partial charge in [0.05, 0.1) is 11.7 Å². The molecular weight excluding hydrogens is 272 g/mol. The number of aromatic nitrogens is 2. The lowest BCUT2D eigenvalue weighted by molar-refractivity contribution is 0.131. The van der Waals surface area contributed by atoms with E-state index in [1.54, 1.807) is 0 Å². The Kier molecular flexibility index (Phi) is 4.97. The molecule has 0 bridgehead atoms. The van der Waals surface area contributed by atoms with Crippen LogP contribution in [-0.4, -0.2) is 58.2 Å². The Hall–Kier alpha value is -0.580. The number of halogens is 1. The number of rotatable bonds is 5. The van der Waals surface area contributed by atoms with Crippen LogP contribution in [0.25, 0.3) is 0 Å². The van der Waals surface area contributed by atoms with Gasteiger partial charge in [0, 0.05) is 51.3 Å². The third-order valence-electron chi connectivity index (χ3n) is 4.61. The Bertz CT molecular complexity index is 406. The van der Waals surface area contributed by atoms with Crippen LogP contribution in [0.3, 0.4) is 0 Å². The fraction of sp³-hybridized carbons (Fsp3) is 0.800. The Balaban J connectivity index is 1.49. The second-order valence-corrected chi connectivity index (χ2v) is 6.41. The van der Waals surface area contributed by atoms with Crippen LogP contribution in [0.2, 0.25) is 0 Å². The third-order valence-corrected chi connectivity index (χ3v) is 4.78. The first-order valence-corrected chi connectivity index (χ1v) is 8.43. The molecule has 2 heterocycles. The number of nitrogens with zero attached hydrogens (tertiary/aromatic N) is 4. The molecule has 0 unspecified atom stereocenters. The summed E-state index contributed by atoms with van der Waals surface area (Å²) in [4.78, 5) is 4.95. The summed E-state index contributed by atoms with van der Waals surface area (Å²) in [7, 11) is 0. The predicted octanol–water partition coefficient (Wildman–Crippen LogP) is 2.35. The average Bonchev–Trinajstić information content (AvgIpc) is 3.12. The van der Waals surface area contributed by atoms with Crippen LogP contribution in [0.1, 0.15) is 37.4 Å². The average molecular weight is 297 g/mol. The van der Waals surface area contributed by atoms with Gasteiger partial charge in [-0.3, -0.25) is 14.5 Å². The molecule has 0 radical (unpaired) electrons. The second kappa shape index (κ2) is 6.92. The first-order chi connectivity index (χ1) is 9.85. The second-order valence-electron chi connectivity index (χ2n) is 6.03. The highest BCUT2D eigenvalue weighted by Gasteiger charge is 2.19. The fourth-order valence-electron chi connectivity index (χ4n) is 3.35. The van der Waals surface area contributed by atoms with Gasteiger partial charge >= 0.3 is 0 Å². The van der Waals surface area contributed by atoms with Crippen molar-refractivity contribution in [2.24, 2.45) is 0 Å². The normalized spacial score (nSPS) is 22.6. The van der Waals surface area contributed by atoms with E-state index in [9.17, 15) is 0 Å². The van der Waals surface area contributed by atoms with E-state index in [1.807, 2.05) is 0 Å². The van der Waals surface area contributed by atoms with Gasteiger partial charge in [0.15, 0.2) is 0 Å². The van der Waals surface area contributed by atoms with Crippen molar-refractivity contribution in [2.75, 3.05) is 38.6 Å². The lowest BCUT2D eigenvalue weighted by atomic mass is 10.3. The van der Waals surface area contributed by atoms with E-state index >= 15 is 0 Å². The molecule has 1 aromatic heterocycles. The highest BCUT2D eigenvalue weighted by atomic mass is 35.5. The van der Waals surface area contributed by atoms with E-state index in [2.05, 4.69) is 26.7 Å². The summed E-state index contributed by atoms with van der Waals surface area (Å²) in [5.41, 5.74) is 1.22. The molecule has 0 amide bonds. The zero-order chi connectivity index (χ0) is 13.8. The number of hydrogen-bond donors (Lipinski definition) is 0. The molecule has 3 rings (SSSR count). The Morgan fingerprint density at radius 2 is 1.80 bits per heavy atom. The largest absolute Gasteiger partial charge is 0.300 e. The molecule has 112 valence electrons. The van der Waals surface area contributed by atoms with Crippen molar-refractivity contribution in [3.05, 3.63) is 18.0 Å². The van der Waals surface area contributed by atoms with Crippen molar-refractivity contribution in [2.45, 2.75) is 38.3 Å². The Morgan fingerprint density at radius 3 is 2.50 bits per heavy atom. The van der Waals surface area contributed by atoms with Gasteiger partial charge in [-0.15, -0.1) is 11.6 Å². The molecule has 0 N–H and O–H groups in total. The van der Waals surface area contributed by atoms with E-state index in [0.29, 0.717) is 6.04 Å². The molecule has 1 aliphatic carbocycles. The molecule has 0 aromatic carbocycles.